The smallest absolute Gasteiger partial charge is 0.305 e. The summed E-state index contributed by atoms with van der Waals surface area (Å²) in [4.78, 5) is 13.1. The molecule has 0 heterocycles. The van der Waals surface area contributed by atoms with Gasteiger partial charge in [-0.1, -0.05) is 13.8 Å². The van der Waals surface area contributed by atoms with E-state index in [0.717, 1.165) is 25.9 Å². The van der Waals surface area contributed by atoms with Crippen molar-refractivity contribution >= 4 is 5.97 Å². The van der Waals surface area contributed by atoms with Crippen LogP contribution in [0.25, 0.3) is 0 Å². The Hall–Kier alpha value is -0.610. The molecule has 0 aromatic heterocycles. The van der Waals surface area contributed by atoms with Gasteiger partial charge in [0.2, 0.25) is 0 Å². The molecule has 0 aliphatic carbocycles. The number of carbonyl (C=O) groups excluding carboxylic acids is 1. The molecular formula is C12H26N2O2. The largest absolute Gasteiger partial charge is 0.469 e. The van der Waals surface area contributed by atoms with E-state index in [1.54, 1.807) is 0 Å². The van der Waals surface area contributed by atoms with E-state index < -0.39 is 0 Å². The molecule has 0 radical (unpaired) electrons. The first kappa shape index (κ1) is 15.4. The first-order chi connectivity index (χ1) is 7.41. The van der Waals surface area contributed by atoms with Gasteiger partial charge in [0.25, 0.3) is 0 Å². The fourth-order valence-corrected chi connectivity index (χ4v) is 1.30. The van der Waals surface area contributed by atoms with Crippen LogP contribution in [-0.4, -0.2) is 44.7 Å². The number of ether oxygens (including phenoxy) is 1. The van der Waals surface area contributed by atoms with Gasteiger partial charge < -0.3 is 15.4 Å². The van der Waals surface area contributed by atoms with Crippen molar-refractivity contribution in [2.45, 2.75) is 33.1 Å². The van der Waals surface area contributed by atoms with Crippen molar-refractivity contribution in [1.82, 2.24) is 4.90 Å². The second kappa shape index (κ2) is 7.63. The monoisotopic (exact) mass is 230 g/mol. The van der Waals surface area contributed by atoms with Gasteiger partial charge in [0, 0.05) is 6.42 Å². The number of methoxy groups -OCH3 is 1. The highest BCUT2D eigenvalue weighted by Crippen LogP contribution is 2.18. The minimum Gasteiger partial charge on any atom is -0.469 e. The Morgan fingerprint density at radius 3 is 2.50 bits per heavy atom. The molecule has 0 amide bonds. The quantitative estimate of drug-likeness (QED) is 0.638. The third kappa shape index (κ3) is 7.65. The number of carbonyl (C=O) groups is 1. The van der Waals surface area contributed by atoms with Crippen molar-refractivity contribution in [3.8, 4) is 0 Å². The van der Waals surface area contributed by atoms with Crippen LogP contribution >= 0.6 is 0 Å². The van der Waals surface area contributed by atoms with E-state index in [-0.39, 0.29) is 11.4 Å². The van der Waals surface area contributed by atoms with Crippen LogP contribution in [0.1, 0.15) is 33.1 Å². The van der Waals surface area contributed by atoms with Gasteiger partial charge in [-0.15, -0.1) is 0 Å². The zero-order valence-corrected chi connectivity index (χ0v) is 11.1. The zero-order valence-electron chi connectivity index (χ0n) is 11.1. The average Bonchev–Trinajstić information content (AvgIpc) is 2.26. The van der Waals surface area contributed by atoms with Gasteiger partial charge in [-0.3, -0.25) is 4.79 Å². The van der Waals surface area contributed by atoms with Crippen LogP contribution in [0.2, 0.25) is 0 Å². The Balaban J connectivity index is 3.59. The van der Waals surface area contributed by atoms with E-state index in [4.69, 9.17) is 5.73 Å². The Labute approximate surface area is 99.1 Å². The standard InChI is InChI=1S/C12H26N2O2/c1-12(2,10-13)7-9-14(3)8-5-6-11(15)16-4/h5-10,13H2,1-4H3. The summed E-state index contributed by atoms with van der Waals surface area (Å²) in [6.45, 7) is 7.01. The summed E-state index contributed by atoms with van der Waals surface area (Å²) in [5, 5.41) is 0. The molecule has 16 heavy (non-hydrogen) atoms. The molecule has 0 aliphatic heterocycles. The van der Waals surface area contributed by atoms with E-state index in [0.29, 0.717) is 13.0 Å². The zero-order chi connectivity index (χ0) is 12.6. The van der Waals surface area contributed by atoms with Crippen LogP contribution in [0.5, 0.6) is 0 Å². The summed E-state index contributed by atoms with van der Waals surface area (Å²) in [5.74, 6) is -0.129. The summed E-state index contributed by atoms with van der Waals surface area (Å²) in [7, 11) is 3.50. The van der Waals surface area contributed by atoms with Crippen LogP contribution in [0.4, 0.5) is 0 Å². The number of hydrogen-bond donors (Lipinski definition) is 1. The van der Waals surface area contributed by atoms with Gasteiger partial charge in [0.05, 0.1) is 7.11 Å². The van der Waals surface area contributed by atoms with Crippen LogP contribution in [0, 0.1) is 5.41 Å². The maximum atomic E-state index is 10.9. The molecule has 0 aromatic carbocycles. The molecule has 4 nitrogen and oxygen atoms in total. The van der Waals surface area contributed by atoms with Crippen molar-refractivity contribution in [3.05, 3.63) is 0 Å². The number of rotatable bonds is 8. The van der Waals surface area contributed by atoms with E-state index in [9.17, 15) is 4.79 Å². The lowest BCUT2D eigenvalue weighted by molar-refractivity contribution is -0.140. The van der Waals surface area contributed by atoms with Gasteiger partial charge in [0.1, 0.15) is 0 Å². The highest BCUT2D eigenvalue weighted by molar-refractivity contribution is 5.69. The lowest BCUT2D eigenvalue weighted by Gasteiger charge is -2.25. The Bertz CT molecular complexity index is 205. The van der Waals surface area contributed by atoms with Crippen molar-refractivity contribution in [2.24, 2.45) is 11.1 Å². The number of nitrogens with two attached hydrogens (primary N) is 1. The van der Waals surface area contributed by atoms with Crippen molar-refractivity contribution in [2.75, 3.05) is 33.8 Å². The maximum Gasteiger partial charge on any atom is 0.305 e. The summed E-state index contributed by atoms with van der Waals surface area (Å²) in [6, 6.07) is 0. The van der Waals surface area contributed by atoms with Crippen LogP contribution in [0.3, 0.4) is 0 Å². The van der Waals surface area contributed by atoms with Crippen LogP contribution < -0.4 is 5.73 Å². The van der Waals surface area contributed by atoms with E-state index in [1.165, 1.54) is 7.11 Å². The number of hydrogen-bond acceptors (Lipinski definition) is 4. The Kier molecular flexibility index (Phi) is 7.34. The molecule has 0 aromatic rings. The first-order valence-electron chi connectivity index (χ1n) is 5.87. The minimum atomic E-state index is -0.129. The molecule has 0 bridgehead atoms. The predicted octanol–water partition coefficient (Wildman–Crippen LogP) is 1.25. The lowest BCUT2D eigenvalue weighted by Crippen LogP contribution is -2.30. The second-order valence-electron chi connectivity index (χ2n) is 5.10. The average molecular weight is 230 g/mol. The second-order valence-corrected chi connectivity index (χ2v) is 5.10. The number of nitrogens with zero attached hydrogens (tertiary/aromatic N) is 1. The molecule has 0 fully saturated rings. The SMILES string of the molecule is COC(=O)CCCN(C)CCC(C)(C)CN. The molecule has 0 rings (SSSR count). The van der Waals surface area contributed by atoms with Gasteiger partial charge in [-0.2, -0.15) is 0 Å². The van der Waals surface area contributed by atoms with Gasteiger partial charge in [-0.25, -0.2) is 0 Å². The summed E-state index contributed by atoms with van der Waals surface area (Å²) < 4.78 is 4.59. The first-order valence-corrected chi connectivity index (χ1v) is 5.87. The van der Waals surface area contributed by atoms with E-state index >= 15 is 0 Å². The fraction of sp³-hybridized carbons (Fsp3) is 0.917. The Morgan fingerprint density at radius 1 is 1.38 bits per heavy atom. The van der Waals surface area contributed by atoms with Crippen molar-refractivity contribution in [3.63, 3.8) is 0 Å². The Morgan fingerprint density at radius 2 is 2.00 bits per heavy atom. The molecular weight excluding hydrogens is 204 g/mol. The highest BCUT2D eigenvalue weighted by Gasteiger charge is 2.15. The molecule has 0 atom stereocenters. The number of esters is 1. The predicted molar refractivity (Wildman–Crippen MR) is 66.2 cm³/mol. The maximum absolute atomic E-state index is 10.9. The van der Waals surface area contributed by atoms with Crippen LogP contribution in [0.15, 0.2) is 0 Å². The highest BCUT2D eigenvalue weighted by atomic mass is 16.5. The summed E-state index contributed by atoms with van der Waals surface area (Å²) >= 11 is 0. The molecule has 0 spiro atoms. The third-order valence-corrected chi connectivity index (χ3v) is 2.87. The molecule has 0 unspecified atom stereocenters. The van der Waals surface area contributed by atoms with Gasteiger partial charge in [0.15, 0.2) is 0 Å². The van der Waals surface area contributed by atoms with Gasteiger partial charge in [-0.05, 0) is 44.9 Å². The van der Waals surface area contributed by atoms with E-state index in [1.807, 2.05) is 0 Å². The van der Waals surface area contributed by atoms with E-state index in [2.05, 4.69) is 30.5 Å². The summed E-state index contributed by atoms with van der Waals surface area (Å²) in [5.41, 5.74) is 5.88. The fourth-order valence-electron chi connectivity index (χ4n) is 1.30. The van der Waals surface area contributed by atoms with Crippen molar-refractivity contribution < 1.29 is 9.53 Å². The molecule has 96 valence electrons. The molecule has 4 heteroatoms. The molecule has 0 saturated heterocycles. The molecule has 0 saturated carbocycles. The lowest BCUT2D eigenvalue weighted by atomic mass is 9.89. The molecule has 2 N–H and O–H groups in total. The summed E-state index contributed by atoms with van der Waals surface area (Å²) in [6.07, 6.45) is 2.44. The third-order valence-electron chi connectivity index (χ3n) is 2.87. The minimum absolute atomic E-state index is 0.129. The van der Waals surface area contributed by atoms with Crippen molar-refractivity contribution in [1.29, 1.82) is 0 Å². The normalized spacial score (nSPS) is 11.9. The topological polar surface area (TPSA) is 55.6 Å². The van der Waals surface area contributed by atoms with Gasteiger partial charge >= 0.3 is 5.97 Å². The van der Waals surface area contributed by atoms with Crippen LogP contribution in [-0.2, 0) is 9.53 Å². The molecule has 0 aliphatic rings.